The minimum Gasteiger partial charge on any atom is -0.465 e. The van der Waals surface area contributed by atoms with Crippen molar-refractivity contribution < 1.29 is 9.53 Å². The van der Waals surface area contributed by atoms with Crippen LogP contribution in [0.25, 0.3) is 0 Å². The molecule has 1 heterocycles. The topological polar surface area (TPSA) is 57.0 Å². The SMILES string of the molecule is CCCCC(Cn1cncn1)(C(=O)OCC)c1ccc(Cl)cc1. The predicted octanol–water partition coefficient (Wildman–Crippen LogP) is 3.62. The smallest absolute Gasteiger partial charge is 0.318 e. The van der Waals surface area contributed by atoms with Crippen molar-refractivity contribution in [3.63, 3.8) is 0 Å². The van der Waals surface area contributed by atoms with Crippen LogP contribution in [0.3, 0.4) is 0 Å². The number of esters is 1. The molecule has 1 atom stereocenters. The van der Waals surface area contributed by atoms with E-state index in [0.717, 1.165) is 18.4 Å². The Morgan fingerprint density at radius 3 is 2.61 bits per heavy atom. The lowest BCUT2D eigenvalue weighted by atomic mass is 9.76. The maximum atomic E-state index is 12.9. The summed E-state index contributed by atoms with van der Waals surface area (Å²) in [6.45, 7) is 4.66. The first-order valence-electron chi connectivity index (χ1n) is 7.88. The normalized spacial score (nSPS) is 13.5. The van der Waals surface area contributed by atoms with Gasteiger partial charge in [-0.25, -0.2) is 4.98 Å². The fourth-order valence-corrected chi connectivity index (χ4v) is 2.83. The Bertz CT molecular complexity index is 613. The lowest BCUT2D eigenvalue weighted by Gasteiger charge is -2.32. The second kappa shape index (κ2) is 8.11. The molecule has 0 bridgehead atoms. The van der Waals surface area contributed by atoms with Crippen molar-refractivity contribution in [3.8, 4) is 0 Å². The molecular weight excluding hydrogens is 314 g/mol. The van der Waals surface area contributed by atoms with E-state index in [-0.39, 0.29) is 5.97 Å². The minimum absolute atomic E-state index is 0.230. The molecule has 0 N–H and O–H groups in total. The van der Waals surface area contributed by atoms with E-state index < -0.39 is 5.41 Å². The molecule has 0 aliphatic heterocycles. The average Bonchev–Trinajstić information content (AvgIpc) is 3.05. The molecule has 6 heteroatoms. The van der Waals surface area contributed by atoms with Crippen molar-refractivity contribution in [2.45, 2.75) is 45.1 Å². The van der Waals surface area contributed by atoms with E-state index in [0.29, 0.717) is 24.6 Å². The Balaban J connectivity index is 2.47. The van der Waals surface area contributed by atoms with Gasteiger partial charge in [0.05, 0.1) is 13.2 Å². The zero-order valence-corrected chi connectivity index (χ0v) is 14.3. The van der Waals surface area contributed by atoms with Crippen LogP contribution in [0, 0.1) is 0 Å². The van der Waals surface area contributed by atoms with E-state index in [1.165, 1.54) is 6.33 Å². The van der Waals surface area contributed by atoms with Crippen molar-refractivity contribution >= 4 is 17.6 Å². The van der Waals surface area contributed by atoms with Gasteiger partial charge in [-0.1, -0.05) is 43.5 Å². The number of benzene rings is 1. The Morgan fingerprint density at radius 1 is 1.30 bits per heavy atom. The maximum Gasteiger partial charge on any atom is 0.318 e. The second-order valence-electron chi connectivity index (χ2n) is 5.51. The van der Waals surface area contributed by atoms with Crippen LogP contribution in [-0.2, 0) is 21.5 Å². The number of carbonyl (C=O) groups excluding carboxylic acids is 1. The summed E-state index contributed by atoms with van der Waals surface area (Å²) in [5.74, 6) is -0.230. The third-order valence-electron chi connectivity index (χ3n) is 3.92. The monoisotopic (exact) mass is 335 g/mol. The number of halogens is 1. The number of hydrogen-bond acceptors (Lipinski definition) is 4. The highest BCUT2D eigenvalue weighted by molar-refractivity contribution is 6.30. The number of aromatic nitrogens is 3. The Kier molecular flexibility index (Phi) is 6.16. The van der Waals surface area contributed by atoms with Crippen molar-refractivity contribution in [1.29, 1.82) is 0 Å². The van der Waals surface area contributed by atoms with Crippen molar-refractivity contribution in [1.82, 2.24) is 14.8 Å². The summed E-state index contributed by atoms with van der Waals surface area (Å²) in [6, 6.07) is 7.40. The van der Waals surface area contributed by atoms with E-state index >= 15 is 0 Å². The summed E-state index contributed by atoms with van der Waals surface area (Å²) in [5, 5.41) is 4.81. The predicted molar refractivity (Wildman–Crippen MR) is 89.3 cm³/mol. The quantitative estimate of drug-likeness (QED) is 0.691. The van der Waals surface area contributed by atoms with Crippen molar-refractivity contribution in [2.24, 2.45) is 0 Å². The summed E-state index contributed by atoms with van der Waals surface area (Å²) in [6.07, 6.45) is 5.68. The van der Waals surface area contributed by atoms with Crippen LogP contribution in [0.15, 0.2) is 36.9 Å². The number of nitrogens with zero attached hydrogens (tertiary/aromatic N) is 3. The zero-order valence-electron chi connectivity index (χ0n) is 13.5. The molecular formula is C17H22ClN3O2. The van der Waals surface area contributed by atoms with E-state index in [1.807, 2.05) is 19.1 Å². The molecule has 1 aromatic carbocycles. The standard InChI is InChI=1S/C17H22ClN3O2/c1-3-5-10-17(16(22)23-4-2,11-21-13-19-12-20-21)14-6-8-15(18)9-7-14/h6-9,12-13H,3-5,10-11H2,1-2H3. The molecule has 1 unspecified atom stereocenters. The summed E-state index contributed by atoms with van der Waals surface area (Å²) >= 11 is 6.01. The van der Waals surface area contributed by atoms with Crippen molar-refractivity contribution in [2.75, 3.05) is 6.61 Å². The summed E-state index contributed by atoms with van der Waals surface area (Å²) in [7, 11) is 0. The first-order valence-corrected chi connectivity index (χ1v) is 8.26. The molecule has 1 aromatic heterocycles. The molecule has 0 aliphatic carbocycles. The van der Waals surface area contributed by atoms with Gasteiger partial charge in [0.25, 0.3) is 0 Å². The number of unbranched alkanes of at least 4 members (excludes halogenated alkanes) is 1. The number of hydrogen-bond donors (Lipinski definition) is 0. The molecule has 23 heavy (non-hydrogen) atoms. The van der Waals surface area contributed by atoms with Crippen LogP contribution in [-0.4, -0.2) is 27.3 Å². The third-order valence-corrected chi connectivity index (χ3v) is 4.17. The fraction of sp³-hybridized carbons (Fsp3) is 0.471. The fourth-order valence-electron chi connectivity index (χ4n) is 2.71. The average molecular weight is 336 g/mol. The third kappa shape index (κ3) is 4.10. The summed E-state index contributed by atoms with van der Waals surface area (Å²) in [4.78, 5) is 16.8. The van der Waals surface area contributed by atoms with Gasteiger partial charge < -0.3 is 4.74 Å². The Morgan fingerprint density at radius 2 is 2.04 bits per heavy atom. The zero-order chi connectivity index (χ0) is 16.7. The van der Waals surface area contributed by atoms with Gasteiger partial charge in [0, 0.05) is 5.02 Å². The van der Waals surface area contributed by atoms with Gasteiger partial charge in [-0.15, -0.1) is 0 Å². The molecule has 2 rings (SSSR count). The van der Waals surface area contributed by atoms with Gasteiger partial charge >= 0.3 is 5.97 Å². The summed E-state index contributed by atoms with van der Waals surface area (Å²) in [5.41, 5.74) is 0.105. The highest BCUT2D eigenvalue weighted by Crippen LogP contribution is 2.34. The molecule has 0 amide bonds. The molecule has 0 saturated carbocycles. The second-order valence-corrected chi connectivity index (χ2v) is 5.94. The molecule has 5 nitrogen and oxygen atoms in total. The number of ether oxygens (including phenoxy) is 1. The Hall–Kier alpha value is -1.88. The first-order chi connectivity index (χ1) is 11.1. The van der Waals surface area contributed by atoms with Crippen LogP contribution in [0.4, 0.5) is 0 Å². The van der Waals surface area contributed by atoms with Crippen molar-refractivity contribution in [3.05, 3.63) is 47.5 Å². The molecule has 0 fully saturated rings. The highest BCUT2D eigenvalue weighted by atomic mass is 35.5. The van der Waals surface area contributed by atoms with E-state index in [2.05, 4.69) is 17.0 Å². The molecule has 0 radical (unpaired) electrons. The molecule has 124 valence electrons. The van der Waals surface area contributed by atoms with Gasteiger partial charge in [-0.3, -0.25) is 9.48 Å². The van der Waals surface area contributed by atoms with Crippen LogP contribution in [0.2, 0.25) is 5.02 Å². The molecule has 2 aromatic rings. The number of rotatable bonds is 8. The lowest BCUT2D eigenvalue weighted by Crippen LogP contribution is -2.42. The Labute approximate surface area is 141 Å². The van der Waals surface area contributed by atoms with E-state index in [1.54, 1.807) is 23.1 Å². The van der Waals surface area contributed by atoms with Gasteiger partial charge in [0.1, 0.15) is 18.1 Å². The van der Waals surface area contributed by atoms with Crippen LogP contribution < -0.4 is 0 Å². The summed E-state index contributed by atoms with van der Waals surface area (Å²) < 4.78 is 7.09. The molecule has 0 spiro atoms. The maximum absolute atomic E-state index is 12.9. The van der Waals surface area contributed by atoms with E-state index in [4.69, 9.17) is 16.3 Å². The highest BCUT2D eigenvalue weighted by Gasteiger charge is 2.42. The minimum atomic E-state index is -0.787. The van der Waals surface area contributed by atoms with Gasteiger partial charge in [-0.2, -0.15) is 5.10 Å². The van der Waals surface area contributed by atoms with Crippen LogP contribution >= 0.6 is 11.6 Å². The van der Waals surface area contributed by atoms with Gasteiger partial charge in [-0.05, 0) is 31.0 Å². The first kappa shape index (κ1) is 17.5. The molecule has 0 saturated heterocycles. The van der Waals surface area contributed by atoms with Gasteiger partial charge in [0.15, 0.2) is 0 Å². The number of carbonyl (C=O) groups is 1. The lowest BCUT2D eigenvalue weighted by molar-refractivity contribution is -0.151. The van der Waals surface area contributed by atoms with Crippen LogP contribution in [0.5, 0.6) is 0 Å². The largest absolute Gasteiger partial charge is 0.465 e. The molecule has 0 aliphatic rings. The van der Waals surface area contributed by atoms with Crippen LogP contribution in [0.1, 0.15) is 38.7 Å². The van der Waals surface area contributed by atoms with Gasteiger partial charge in [0.2, 0.25) is 0 Å². The van der Waals surface area contributed by atoms with E-state index in [9.17, 15) is 4.79 Å².